The van der Waals surface area contributed by atoms with Crippen LogP contribution in [0, 0.1) is 0 Å². The van der Waals surface area contributed by atoms with Crippen molar-refractivity contribution in [3.05, 3.63) is 24.3 Å². The van der Waals surface area contributed by atoms with Crippen molar-refractivity contribution < 1.29 is 17.9 Å². The molecule has 1 N–H and O–H groups in total. The third-order valence-corrected chi connectivity index (χ3v) is 3.98. The van der Waals surface area contributed by atoms with Gasteiger partial charge in [0, 0.05) is 7.05 Å². The van der Waals surface area contributed by atoms with Crippen molar-refractivity contribution >= 4 is 21.6 Å². The van der Waals surface area contributed by atoms with E-state index in [9.17, 15) is 13.2 Å². The monoisotopic (exact) mass is 300 g/mol. The number of hydrogen-bond acceptors (Lipinski definition) is 4. The molecule has 7 heteroatoms. The second-order valence-electron chi connectivity index (χ2n) is 4.28. The van der Waals surface area contributed by atoms with Gasteiger partial charge in [-0.1, -0.05) is 0 Å². The van der Waals surface area contributed by atoms with Crippen molar-refractivity contribution in [3.63, 3.8) is 0 Å². The van der Waals surface area contributed by atoms with Crippen LogP contribution in [0.25, 0.3) is 0 Å². The topological polar surface area (TPSA) is 75.7 Å². The number of nitrogens with one attached hydrogen (secondary N) is 1. The summed E-state index contributed by atoms with van der Waals surface area (Å²) in [6, 6.07) is 5.76. The van der Waals surface area contributed by atoms with E-state index < -0.39 is 16.1 Å². The van der Waals surface area contributed by atoms with Gasteiger partial charge in [-0.15, -0.1) is 0 Å². The lowest BCUT2D eigenvalue weighted by Gasteiger charge is -2.27. The van der Waals surface area contributed by atoms with Crippen LogP contribution in [0.3, 0.4) is 0 Å². The maximum absolute atomic E-state index is 11.9. The van der Waals surface area contributed by atoms with Gasteiger partial charge in [0.25, 0.3) is 0 Å². The number of nitrogens with zero attached hydrogens (tertiary/aromatic N) is 1. The normalized spacial score (nSPS) is 12.6. The summed E-state index contributed by atoms with van der Waals surface area (Å²) in [4.78, 5) is 11.7. The molecule has 0 bridgehead atoms. The van der Waals surface area contributed by atoms with Gasteiger partial charge < -0.3 is 10.1 Å². The average Bonchev–Trinajstić information content (AvgIpc) is 2.38. The lowest BCUT2D eigenvalue weighted by molar-refractivity contribution is -0.121. The number of hydrogen-bond donors (Lipinski definition) is 1. The molecule has 112 valence electrons. The molecule has 0 aromatic heterocycles. The molecular formula is C13H20N2O4S. The molecule has 0 saturated heterocycles. The molecule has 1 aromatic rings. The largest absolute Gasteiger partial charge is 0.494 e. The van der Waals surface area contributed by atoms with Crippen molar-refractivity contribution in [2.45, 2.75) is 19.9 Å². The maximum atomic E-state index is 11.9. The van der Waals surface area contributed by atoms with Crippen LogP contribution in [-0.4, -0.2) is 40.3 Å². The second kappa shape index (κ2) is 6.60. The fraction of sp³-hybridized carbons (Fsp3) is 0.462. The summed E-state index contributed by atoms with van der Waals surface area (Å²) >= 11 is 0. The third-order valence-electron chi connectivity index (χ3n) is 2.74. The van der Waals surface area contributed by atoms with Gasteiger partial charge in [0.15, 0.2) is 0 Å². The van der Waals surface area contributed by atoms with Crippen molar-refractivity contribution in [3.8, 4) is 5.75 Å². The molecule has 1 amide bonds. The number of likely N-dealkylation sites (N-methyl/N-ethyl adjacent to an activating group) is 1. The lowest BCUT2D eigenvalue weighted by Crippen LogP contribution is -2.46. The molecule has 0 radical (unpaired) electrons. The predicted octanol–water partition coefficient (Wildman–Crippen LogP) is 0.986. The van der Waals surface area contributed by atoms with Crippen LogP contribution in [-0.2, 0) is 14.8 Å². The summed E-state index contributed by atoms with van der Waals surface area (Å²) < 4.78 is 30.2. The van der Waals surface area contributed by atoms with Gasteiger partial charge in [-0.2, -0.15) is 0 Å². The number of carbonyl (C=O) groups is 1. The number of anilines is 1. The van der Waals surface area contributed by atoms with Gasteiger partial charge in [0.05, 0.1) is 18.6 Å². The summed E-state index contributed by atoms with van der Waals surface area (Å²) in [5.41, 5.74) is 0.423. The molecule has 0 aliphatic heterocycles. The molecule has 0 aliphatic carbocycles. The van der Waals surface area contributed by atoms with E-state index in [1.165, 1.54) is 14.0 Å². The van der Waals surface area contributed by atoms with Gasteiger partial charge in [0.1, 0.15) is 11.8 Å². The van der Waals surface area contributed by atoms with Crippen molar-refractivity contribution in [1.29, 1.82) is 0 Å². The number of amides is 1. The molecule has 1 rings (SSSR count). The minimum atomic E-state index is -3.57. The summed E-state index contributed by atoms with van der Waals surface area (Å²) in [7, 11) is -2.10. The predicted molar refractivity (Wildman–Crippen MR) is 78.5 cm³/mol. The first-order chi connectivity index (χ1) is 9.31. The van der Waals surface area contributed by atoms with Crippen molar-refractivity contribution in [1.82, 2.24) is 5.32 Å². The van der Waals surface area contributed by atoms with Crippen LogP contribution in [0.1, 0.15) is 13.8 Å². The van der Waals surface area contributed by atoms with Gasteiger partial charge >= 0.3 is 0 Å². The van der Waals surface area contributed by atoms with Gasteiger partial charge in [0.2, 0.25) is 15.9 Å². The minimum Gasteiger partial charge on any atom is -0.494 e. The number of benzene rings is 1. The quantitative estimate of drug-likeness (QED) is 0.850. The highest BCUT2D eigenvalue weighted by atomic mass is 32.2. The van der Waals surface area contributed by atoms with E-state index >= 15 is 0 Å². The van der Waals surface area contributed by atoms with Gasteiger partial charge in [-0.05, 0) is 38.1 Å². The van der Waals surface area contributed by atoms with E-state index in [4.69, 9.17) is 4.74 Å². The van der Waals surface area contributed by atoms with Crippen LogP contribution < -0.4 is 14.4 Å². The standard InChI is InChI=1S/C13H20N2O4S/c1-5-19-12-8-6-11(7-9-12)15(20(4,17)18)10(2)13(16)14-3/h6-10H,5H2,1-4H3,(H,14,16). The molecule has 6 nitrogen and oxygen atoms in total. The average molecular weight is 300 g/mol. The Kier molecular flexibility index (Phi) is 5.38. The zero-order valence-electron chi connectivity index (χ0n) is 12.1. The molecular weight excluding hydrogens is 280 g/mol. The summed E-state index contributed by atoms with van der Waals surface area (Å²) in [5, 5.41) is 2.45. The maximum Gasteiger partial charge on any atom is 0.243 e. The molecule has 20 heavy (non-hydrogen) atoms. The van der Waals surface area contributed by atoms with Crippen molar-refractivity contribution in [2.75, 3.05) is 24.2 Å². The Hall–Kier alpha value is -1.76. The summed E-state index contributed by atoms with van der Waals surface area (Å²) in [5.74, 6) is 0.279. The Morgan fingerprint density at radius 2 is 1.90 bits per heavy atom. The number of ether oxygens (including phenoxy) is 1. The molecule has 0 heterocycles. The first-order valence-electron chi connectivity index (χ1n) is 6.25. The number of carbonyl (C=O) groups excluding carboxylic acids is 1. The van der Waals surface area contributed by atoms with E-state index in [2.05, 4.69) is 5.32 Å². The molecule has 1 aromatic carbocycles. The van der Waals surface area contributed by atoms with Gasteiger partial charge in [-0.3, -0.25) is 9.10 Å². The highest BCUT2D eigenvalue weighted by Crippen LogP contribution is 2.23. The third kappa shape index (κ3) is 3.86. The second-order valence-corrected chi connectivity index (χ2v) is 6.14. The fourth-order valence-electron chi connectivity index (χ4n) is 1.87. The summed E-state index contributed by atoms with van der Waals surface area (Å²) in [6.45, 7) is 3.94. The smallest absolute Gasteiger partial charge is 0.243 e. The van der Waals surface area contributed by atoms with Crippen LogP contribution in [0.5, 0.6) is 5.75 Å². The Morgan fingerprint density at radius 1 is 1.35 bits per heavy atom. The summed E-state index contributed by atoms with van der Waals surface area (Å²) in [6.07, 6.45) is 1.07. The van der Waals surface area contributed by atoms with Gasteiger partial charge in [-0.25, -0.2) is 8.42 Å². The van der Waals surface area contributed by atoms with Crippen molar-refractivity contribution in [2.24, 2.45) is 0 Å². The van der Waals surface area contributed by atoms with Crippen LogP contribution >= 0.6 is 0 Å². The van der Waals surface area contributed by atoms with Crippen LogP contribution in [0.2, 0.25) is 0 Å². The van der Waals surface area contributed by atoms with E-state index in [0.717, 1.165) is 10.6 Å². The Balaban J connectivity index is 3.15. The molecule has 0 aliphatic rings. The Bertz CT molecular complexity index is 554. The molecule has 1 atom stereocenters. The Morgan fingerprint density at radius 3 is 2.30 bits per heavy atom. The van der Waals surface area contributed by atoms with Crippen LogP contribution in [0.4, 0.5) is 5.69 Å². The molecule has 0 fully saturated rings. The molecule has 0 spiro atoms. The number of rotatable bonds is 6. The van der Waals surface area contributed by atoms with E-state index in [1.807, 2.05) is 6.92 Å². The Labute approximate surface area is 119 Å². The molecule has 0 saturated carbocycles. The highest BCUT2D eigenvalue weighted by Gasteiger charge is 2.28. The van der Waals surface area contributed by atoms with E-state index in [1.54, 1.807) is 24.3 Å². The van der Waals surface area contributed by atoms with E-state index in [0.29, 0.717) is 18.0 Å². The minimum absolute atomic E-state index is 0.371. The first kappa shape index (κ1) is 16.3. The SMILES string of the molecule is CCOc1ccc(N(C(C)C(=O)NC)S(C)(=O)=O)cc1. The first-order valence-corrected chi connectivity index (χ1v) is 8.10. The highest BCUT2D eigenvalue weighted by molar-refractivity contribution is 7.92. The zero-order chi connectivity index (χ0) is 15.3. The molecule has 1 unspecified atom stereocenters. The van der Waals surface area contributed by atoms with Crippen LogP contribution in [0.15, 0.2) is 24.3 Å². The zero-order valence-corrected chi connectivity index (χ0v) is 12.9. The number of sulfonamides is 1. The fourth-order valence-corrected chi connectivity index (χ4v) is 3.05. The lowest BCUT2D eigenvalue weighted by atomic mass is 10.2. The van der Waals surface area contributed by atoms with E-state index in [-0.39, 0.29) is 5.91 Å².